The van der Waals surface area contributed by atoms with Crippen LogP contribution >= 0.6 is 0 Å². The lowest BCUT2D eigenvalue weighted by molar-refractivity contribution is -0.119. The molecule has 3 aromatic rings. The Hall–Kier alpha value is -3.35. The fourth-order valence-electron chi connectivity index (χ4n) is 2.17. The summed E-state index contributed by atoms with van der Waals surface area (Å²) >= 11 is 0. The highest BCUT2D eigenvalue weighted by atomic mass is 16.2. The molecule has 0 saturated carbocycles. The SMILES string of the molecule is CC(C(=O)Nc1cccnc1)n1nc(-c2ccncc2)ccc1=O. The van der Waals surface area contributed by atoms with Gasteiger partial charge in [0.05, 0.1) is 17.6 Å². The third-order valence-electron chi connectivity index (χ3n) is 3.48. The van der Waals surface area contributed by atoms with Gasteiger partial charge in [0.1, 0.15) is 6.04 Å². The van der Waals surface area contributed by atoms with Crippen LogP contribution in [-0.4, -0.2) is 25.7 Å². The van der Waals surface area contributed by atoms with Gasteiger partial charge in [-0.2, -0.15) is 5.10 Å². The van der Waals surface area contributed by atoms with Crippen LogP contribution in [-0.2, 0) is 4.79 Å². The second-order valence-electron chi connectivity index (χ2n) is 5.14. The summed E-state index contributed by atoms with van der Waals surface area (Å²) in [6.45, 7) is 1.62. The van der Waals surface area contributed by atoms with Crippen molar-refractivity contribution < 1.29 is 4.79 Å². The van der Waals surface area contributed by atoms with E-state index in [1.807, 2.05) is 0 Å². The third kappa shape index (κ3) is 3.35. The van der Waals surface area contributed by atoms with Gasteiger partial charge in [0.15, 0.2) is 0 Å². The van der Waals surface area contributed by atoms with Gasteiger partial charge in [-0.1, -0.05) is 0 Å². The van der Waals surface area contributed by atoms with Gasteiger partial charge in [0.25, 0.3) is 5.56 Å². The Balaban J connectivity index is 1.88. The van der Waals surface area contributed by atoms with E-state index < -0.39 is 6.04 Å². The van der Waals surface area contributed by atoms with Crippen LogP contribution in [0.25, 0.3) is 11.3 Å². The highest BCUT2D eigenvalue weighted by Crippen LogP contribution is 2.15. The predicted molar refractivity (Wildman–Crippen MR) is 89.3 cm³/mol. The van der Waals surface area contributed by atoms with Crippen LogP contribution in [0.4, 0.5) is 5.69 Å². The van der Waals surface area contributed by atoms with Gasteiger partial charge >= 0.3 is 0 Å². The Labute approximate surface area is 138 Å². The van der Waals surface area contributed by atoms with Crippen molar-refractivity contribution in [2.75, 3.05) is 5.32 Å². The molecule has 1 atom stereocenters. The second kappa shape index (κ2) is 6.82. The number of pyridine rings is 2. The highest BCUT2D eigenvalue weighted by molar-refractivity contribution is 5.93. The van der Waals surface area contributed by atoms with Crippen LogP contribution in [0.3, 0.4) is 0 Å². The van der Waals surface area contributed by atoms with Crippen molar-refractivity contribution >= 4 is 11.6 Å². The van der Waals surface area contributed by atoms with Gasteiger partial charge in [-0.15, -0.1) is 0 Å². The van der Waals surface area contributed by atoms with E-state index in [1.54, 1.807) is 55.8 Å². The summed E-state index contributed by atoms with van der Waals surface area (Å²) in [6.07, 6.45) is 6.44. The summed E-state index contributed by atoms with van der Waals surface area (Å²) in [7, 11) is 0. The number of carbonyl (C=O) groups excluding carboxylic acids is 1. The molecular weight excluding hydrogens is 306 g/mol. The van der Waals surface area contributed by atoms with Crippen LogP contribution in [0, 0.1) is 0 Å². The van der Waals surface area contributed by atoms with Crippen LogP contribution in [0.15, 0.2) is 66.0 Å². The van der Waals surface area contributed by atoms with E-state index in [2.05, 4.69) is 20.4 Å². The molecule has 3 rings (SSSR count). The summed E-state index contributed by atoms with van der Waals surface area (Å²) < 4.78 is 1.17. The number of rotatable bonds is 4. The summed E-state index contributed by atoms with van der Waals surface area (Å²) in [5.74, 6) is -0.343. The summed E-state index contributed by atoms with van der Waals surface area (Å²) in [5, 5.41) is 7.02. The minimum absolute atomic E-state index is 0.343. The largest absolute Gasteiger partial charge is 0.323 e. The monoisotopic (exact) mass is 321 g/mol. The van der Waals surface area contributed by atoms with E-state index in [4.69, 9.17) is 0 Å². The van der Waals surface area contributed by atoms with Crippen LogP contribution in [0.5, 0.6) is 0 Å². The Morgan fingerprint density at radius 1 is 1.08 bits per heavy atom. The lowest BCUT2D eigenvalue weighted by atomic mass is 10.2. The molecule has 0 aliphatic carbocycles. The first-order chi connectivity index (χ1) is 11.6. The van der Waals surface area contributed by atoms with Crippen molar-refractivity contribution in [1.82, 2.24) is 19.7 Å². The van der Waals surface area contributed by atoms with E-state index in [-0.39, 0.29) is 11.5 Å². The minimum atomic E-state index is -0.764. The number of carbonyl (C=O) groups is 1. The molecule has 0 fully saturated rings. The number of hydrogen-bond acceptors (Lipinski definition) is 5. The maximum absolute atomic E-state index is 12.4. The quantitative estimate of drug-likeness (QED) is 0.792. The summed E-state index contributed by atoms with van der Waals surface area (Å²) in [5.41, 5.74) is 1.63. The summed E-state index contributed by atoms with van der Waals surface area (Å²) in [4.78, 5) is 32.4. The van der Waals surface area contributed by atoms with Gasteiger partial charge in [0.2, 0.25) is 5.91 Å². The van der Waals surface area contributed by atoms with E-state index >= 15 is 0 Å². The molecule has 1 unspecified atom stereocenters. The fraction of sp³-hybridized carbons (Fsp3) is 0.118. The molecule has 3 heterocycles. The molecule has 3 aromatic heterocycles. The highest BCUT2D eigenvalue weighted by Gasteiger charge is 2.18. The van der Waals surface area contributed by atoms with Crippen LogP contribution in [0.2, 0.25) is 0 Å². The average molecular weight is 321 g/mol. The molecular formula is C17H15N5O2. The van der Waals surface area contributed by atoms with Crippen LogP contribution in [0.1, 0.15) is 13.0 Å². The molecule has 0 radical (unpaired) electrons. The molecule has 7 nitrogen and oxygen atoms in total. The first kappa shape index (κ1) is 15.5. The molecule has 0 aliphatic rings. The molecule has 1 amide bonds. The number of nitrogens with one attached hydrogen (secondary N) is 1. The Morgan fingerprint density at radius 3 is 2.58 bits per heavy atom. The Morgan fingerprint density at radius 2 is 1.88 bits per heavy atom. The normalized spacial score (nSPS) is 11.7. The summed E-state index contributed by atoms with van der Waals surface area (Å²) in [6, 6.07) is 9.28. The van der Waals surface area contributed by atoms with Crippen molar-refractivity contribution in [3.8, 4) is 11.3 Å². The van der Waals surface area contributed by atoms with Crippen molar-refractivity contribution in [2.45, 2.75) is 13.0 Å². The van der Waals surface area contributed by atoms with Crippen molar-refractivity contribution in [3.05, 3.63) is 71.5 Å². The topological polar surface area (TPSA) is 89.8 Å². The number of hydrogen-bond donors (Lipinski definition) is 1. The maximum atomic E-state index is 12.4. The van der Waals surface area contributed by atoms with E-state index in [0.717, 1.165) is 5.56 Å². The average Bonchev–Trinajstić information content (AvgIpc) is 2.63. The number of amides is 1. The van der Waals surface area contributed by atoms with Gasteiger partial charge in [-0.25, -0.2) is 4.68 Å². The predicted octanol–water partition coefficient (Wildman–Crippen LogP) is 1.90. The molecule has 7 heteroatoms. The first-order valence-electron chi connectivity index (χ1n) is 7.36. The molecule has 0 bridgehead atoms. The van der Waals surface area contributed by atoms with Gasteiger partial charge < -0.3 is 5.32 Å². The zero-order valence-corrected chi connectivity index (χ0v) is 13.0. The Kier molecular flexibility index (Phi) is 4.42. The number of aromatic nitrogens is 4. The molecule has 120 valence electrons. The lowest BCUT2D eigenvalue weighted by Crippen LogP contribution is -2.33. The first-order valence-corrected chi connectivity index (χ1v) is 7.36. The fourth-order valence-corrected chi connectivity index (χ4v) is 2.17. The van der Waals surface area contributed by atoms with Crippen LogP contribution < -0.4 is 10.9 Å². The number of anilines is 1. The minimum Gasteiger partial charge on any atom is -0.323 e. The molecule has 1 N–H and O–H groups in total. The molecule has 24 heavy (non-hydrogen) atoms. The van der Waals surface area contributed by atoms with E-state index in [1.165, 1.54) is 16.9 Å². The zero-order chi connectivity index (χ0) is 16.9. The second-order valence-corrected chi connectivity index (χ2v) is 5.14. The van der Waals surface area contributed by atoms with E-state index in [9.17, 15) is 9.59 Å². The van der Waals surface area contributed by atoms with Gasteiger partial charge in [-0.3, -0.25) is 19.6 Å². The zero-order valence-electron chi connectivity index (χ0n) is 13.0. The lowest BCUT2D eigenvalue weighted by Gasteiger charge is -2.14. The maximum Gasteiger partial charge on any atom is 0.267 e. The van der Waals surface area contributed by atoms with Gasteiger partial charge in [-0.05, 0) is 37.3 Å². The number of nitrogens with zero attached hydrogens (tertiary/aromatic N) is 4. The van der Waals surface area contributed by atoms with Crippen molar-refractivity contribution in [1.29, 1.82) is 0 Å². The third-order valence-corrected chi connectivity index (χ3v) is 3.48. The van der Waals surface area contributed by atoms with Gasteiger partial charge in [0, 0.05) is 30.2 Å². The van der Waals surface area contributed by atoms with Crippen molar-refractivity contribution in [3.63, 3.8) is 0 Å². The smallest absolute Gasteiger partial charge is 0.267 e. The molecule has 0 saturated heterocycles. The molecule has 0 aromatic carbocycles. The molecule has 0 spiro atoms. The van der Waals surface area contributed by atoms with E-state index in [0.29, 0.717) is 11.4 Å². The standard InChI is InChI=1S/C17H15N5O2/c1-12(17(24)20-14-3-2-8-19-11-14)22-16(23)5-4-15(21-22)13-6-9-18-10-7-13/h2-12H,1H3,(H,20,24). The Bertz CT molecular complexity index is 894. The van der Waals surface area contributed by atoms with Crippen molar-refractivity contribution in [2.24, 2.45) is 0 Å². The molecule has 0 aliphatic heterocycles.